The van der Waals surface area contributed by atoms with Crippen molar-refractivity contribution in [2.45, 2.75) is 19.0 Å². The molecule has 10 heteroatoms. The van der Waals surface area contributed by atoms with Crippen LogP contribution in [0.4, 0.5) is 5.69 Å². The Kier molecular flexibility index (Phi) is 5.27. The first-order chi connectivity index (χ1) is 17.6. The molecule has 1 unspecified atom stereocenters. The van der Waals surface area contributed by atoms with Crippen LogP contribution in [0.1, 0.15) is 12.1 Å². The van der Waals surface area contributed by atoms with Gasteiger partial charge in [0.1, 0.15) is 5.52 Å². The number of hydrogen-bond acceptors (Lipinski definition) is 7. The largest absolute Gasteiger partial charge is 0.436 e. The minimum Gasteiger partial charge on any atom is -0.436 e. The Morgan fingerprint density at radius 2 is 1.72 bits per heavy atom. The van der Waals surface area contributed by atoms with Crippen molar-refractivity contribution < 1.29 is 23.2 Å². The molecule has 0 aliphatic carbocycles. The summed E-state index contributed by atoms with van der Waals surface area (Å²) in [5, 5.41) is 5.59. The molecule has 2 N–H and O–H groups in total. The van der Waals surface area contributed by atoms with Gasteiger partial charge in [0.2, 0.25) is 17.5 Å². The lowest BCUT2D eigenvalue weighted by atomic mass is 10.2. The number of fused-ring (bicyclic) bond motifs is 1. The number of hydrogen-bond donors (Lipinski definition) is 2. The van der Waals surface area contributed by atoms with Crippen molar-refractivity contribution in [2.24, 2.45) is 0 Å². The van der Waals surface area contributed by atoms with E-state index >= 15 is 0 Å². The molecule has 5 aromatic rings. The number of amides is 2. The lowest BCUT2D eigenvalue weighted by molar-refractivity contribution is -0.677. The molecule has 178 valence electrons. The number of nitrogens with zero attached hydrogens (tertiary/aromatic N) is 3. The third-order valence-electron chi connectivity index (χ3n) is 6.08. The van der Waals surface area contributed by atoms with E-state index in [2.05, 4.69) is 15.6 Å². The number of carbonyl (C=O) groups excluding carboxylic acids is 2. The van der Waals surface area contributed by atoms with Crippen LogP contribution in [-0.4, -0.2) is 28.1 Å². The van der Waals surface area contributed by atoms with Crippen LogP contribution in [0.3, 0.4) is 0 Å². The summed E-state index contributed by atoms with van der Waals surface area (Å²) >= 11 is 0. The molecule has 10 nitrogen and oxygen atoms in total. The molecule has 1 aliphatic heterocycles. The van der Waals surface area contributed by atoms with E-state index in [0.29, 0.717) is 22.8 Å². The lowest BCUT2D eigenvalue weighted by Gasteiger charge is -2.15. The van der Waals surface area contributed by atoms with E-state index in [1.807, 2.05) is 54.6 Å². The predicted molar refractivity (Wildman–Crippen MR) is 128 cm³/mol. The number of carbonyl (C=O) groups is 2. The second-order valence-corrected chi connectivity index (χ2v) is 8.34. The minimum atomic E-state index is -0.771. The average molecular weight is 482 g/mol. The second-order valence-electron chi connectivity index (χ2n) is 8.34. The van der Waals surface area contributed by atoms with Crippen molar-refractivity contribution in [2.75, 3.05) is 4.90 Å². The highest BCUT2D eigenvalue weighted by molar-refractivity contribution is 6.22. The maximum absolute atomic E-state index is 13.1. The Hall–Kier alpha value is -4.83. The van der Waals surface area contributed by atoms with Crippen LogP contribution < -0.4 is 20.5 Å². The number of aromatic amines is 1. The molecule has 6 rings (SSSR count). The van der Waals surface area contributed by atoms with E-state index in [1.165, 1.54) is 4.68 Å². The smallest absolute Gasteiger partial charge is 0.431 e. The Morgan fingerprint density at radius 1 is 0.972 bits per heavy atom. The van der Waals surface area contributed by atoms with Crippen LogP contribution in [0.15, 0.2) is 92.6 Å². The molecule has 1 atom stereocenters. The van der Waals surface area contributed by atoms with Gasteiger partial charge in [-0.1, -0.05) is 30.3 Å². The van der Waals surface area contributed by atoms with E-state index < -0.39 is 11.7 Å². The highest BCUT2D eigenvalue weighted by atomic mass is 16.5. The zero-order chi connectivity index (χ0) is 24.6. The van der Waals surface area contributed by atoms with E-state index in [-0.39, 0.29) is 30.5 Å². The fraction of sp³-hybridized carbons (Fsp3) is 0.115. The molecule has 1 saturated heterocycles. The first-order valence-electron chi connectivity index (χ1n) is 11.3. The number of para-hydroxylation sites is 3. The van der Waals surface area contributed by atoms with Crippen molar-refractivity contribution in [3.8, 4) is 17.1 Å². The van der Waals surface area contributed by atoms with Gasteiger partial charge in [-0.25, -0.2) is 14.7 Å². The third-order valence-corrected chi connectivity index (χ3v) is 6.08. The highest BCUT2D eigenvalue weighted by Crippen LogP contribution is 2.28. The summed E-state index contributed by atoms with van der Waals surface area (Å²) in [4.78, 5) is 43.7. The van der Waals surface area contributed by atoms with E-state index in [4.69, 9.17) is 8.94 Å². The fourth-order valence-electron chi connectivity index (χ4n) is 4.26. The number of nitrogens with one attached hydrogen (secondary N) is 2. The summed E-state index contributed by atoms with van der Waals surface area (Å²) < 4.78 is 12.2. The molecule has 2 amide bonds. The molecule has 3 aromatic carbocycles. The van der Waals surface area contributed by atoms with E-state index in [1.54, 1.807) is 24.3 Å². The third kappa shape index (κ3) is 3.79. The van der Waals surface area contributed by atoms with Crippen LogP contribution in [0.5, 0.6) is 0 Å². The molecular formula is C26H20N5O5+. The van der Waals surface area contributed by atoms with Crippen molar-refractivity contribution in [1.82, 2.24) is 15.6 Å². The van der Waals surface area contributed by atoms with Gasteiger partial charge in [0.25, 0.3) is 5.91 Å². The number of benzene rings is 3. The fourth-order valence-corrected chi connectivity index (χ4v) is 4.26. The Morgan fingerprint density at radius 3 is 2.50 bits per heavy atom. The van der Waals surface area contributed by atoms with Crippen LogP contribution in [-0.2, 0) is 16.1 Å². The Bertz CT molecular complexity index is 1600. The van der Waals surface area contributed by atoms with Crippen molar-refractivity contribution in [1.29, 1.82) is 0 Å². The normalized spacial score (nSPS) is 15.8. The van der Waals surface area contributed by atoms with Gasteiger partial charge in [0.05, 0.1) is 24.7 Å². The first-order valence-corrected chi connectivity index (χ1v) is 11.3. The van der Waals surface area contributed by atoms with Gasteiger partial charge >= 0.3 is 11.3 Å². The molecular weight excluding hydrogens is 462 g/mol. The van der Waals surface area contributed by atoms with Gasteiger partial charge in [0, 0.05) is 17.7 Å². The maximum atomic E-state index is 13.1. The number of anilines is 1. The van der Waals surface area contributed by atoms with Crippen LogP contribution >= 0.6 is 0 Å². The molecule has 0 spiro atoms. The van der Waals surface area contributed by atoms with Gasteiger partial charge in [-0.2, -0.15) is 0 Å². The second kappa shape index (κ2) is 8.75. The van der Waals surface area contributed by atoms with Gasteiger partial charge in [-0.15, -0.1) is 0 Å². The van der Waals surface area contributed by atoms with Crippen LogP contribution in [0, 0.1) is 0 Å². The molecule has 1 fully saturated rings. The van der Waals surface area contributed by atoms with E-state index in [0.717, 1.165) is 16.0 Å². The number of oxazole rings is 1. The van der Waals surface area contributed by atoms with Crippen molar-refractivity contribution in [3.63, 3.8) is 0 Å². The SMILES string of the molecule is O=C1CC(NCc2c(=O)o[nH][n+]2-c2ccccc2)C(=O)N1c1ccc(-c2nc3ccccc3o2)cc1. The highest BCUT2D eigenvalue weighted by Gasteiger charge is 2.40. The number of aromatic nitrogens is 3. The standard InChI is InChI=1S/C26H19N5O5/c32-23-14-20(27-15-21-26(34)36-29-31(21)18-6-2-1-3-7-18)25(33)30(23)17-12-10-16(11-13-17)24-28-19-8-4-5-9-22(19)35-24/h1-13,20,27H,14-15H2/p+1. The van der Waals surface area contributed by atoms with Crippen molar-refractivity contribution >= 4 is 28.6 Å². The summed E-state index contributed by atoms with van der Waals surface area (Å²) in [6.07, 6.45) is -0.0210. The molecule has 36 heavy (non-hydrogen) atoms. The number of rotatable bonds is 6. The number of imide groups is 1. The lowest BCUT2D eigenvalue weighted by Crippen LogP contribution is -2.44. The predicted octanol–water partition coefficient (Wildman–Crippen LogP) is 2.47. The monoisotopic (exact) mass is 482 g/mol. The topological polar surface area (TPSA) is 125 Å². The molecule has 3 heterocycles. The van der Waals surface area contributed by atoms with Crippen LogP contribution in [0.2, 0.25) is 0 Å². The quantitative estimate of drug-likeness (QED) is 0.281. The molecule has 1 aliphatic rings. The molecule has 0 radical (unpaired) electrons. The number of H-pyrrole nitrogens is 1. The average Bonchev–Trinajstić information content (AvgIpc) is 3.58. The molecule has 0 saturated carbocycles. The van der Waals surface area contributed by atoms with Crippen molar-refractivity contribution in [3.05, 3.63) is 95.0 Å². The van der Waals surface area contributed by atoms with Gasteiger partial charge < -0.3 is 4.42 Å². The minimum absolute atomic E-state index is 0.0210. The van der Waals surface area contributed by atoms with Gasteiger partial charge in [-0.05, 0) is 46.4 Å². The Balaban J connectivity index is 1.18. The Labute approximate surface area is 203 Å². The van der Waals surface area contributed by atoms with Gasteiger partial charge in [0.15, 0.2) is 5.58 Å². The maximum Gasteiger partial charge on any atom is 0.431 e. The molecule has 2 aromatic heterocycles. The zero-order valence-electron chi connectivity index (χ0n) is 18.9. The summed E-state index contributed by atoms with van der Waals surface area (Å²) in [6, 6.07) is 22.7. The van der Waals surface area contributed by atoms with Crippen LogP contribution in [0.25, 0.3) is 28.2 Å². The summed E-state index contributed by atoms with van der Waals surface area (Å²) in [6.45, 7) is 0.0366. The summed E-state index contributed by atoms with van der Waals surface area (Å²) in [7, 11) is 0. The van der Waals surface area contributed by atoms with E-state index in [9.17, 15) is 14.4 Å². The van der Waals surface area contributed by atoms with Gasteiger partial charge in [-0.3, -0.25) is 19.4 Å². The zero-order valence-corrected chi connectivity index (χ0v) is 18.9. The summed E-state index contributed by atoms with van der Waals surface area (Å²) in [5.74, 6) is -0.261. The molecule has 0 bridgehead atoms. The summed E-state index contributed by atoms with van der Waals surface area (Å²) in [5.41, 5.74) is 3.04. The first kappa shape index (κ1) is 21.7.